The molecular weight excluding hydrogens is 686 g/mol. The highest BCUT2D eigenvalue weighted by Crippen LogP contribution is 2.55. The molecule has 4 atom stereocenters. The van der Waals surface area contributed by atoms with Crippen LogP contribution in [0.15, 0.2) is 80.6 Å². The summed E-state index contributed by atoms with van der Waals surface area (Å²) in [5.74, 6) is -1.65. The van der Waals surface area contributed by atoms with Gasteiger partial charge in [0.05, 0.1) is 0 Å². The summed E-state index contributed by atoms with van der Waals surface area (Å²) in [5, 5.41) is 15.9. The van der Waals surface area contributed by atoms with Crippen molar-refractivity contribution in [2.45, 2.75) is 49.9 Å². The van der Waals surface area contributed by atoms with Gasteiger partial charge in [-0.2, -0.15) is 21.6 Å². The van der Waals surface area contributed by atoms with Crippen molar-refractivity contribution in [1.29, 1.82) is 0 Å². The standard InChI is InChI=1S/C31H30FN5O8S3/c32-22-10-6-17(7-11-22)14-37-25-20-9-8-19(12-20)23(25)26(38)24(30(37)39)28-34-29-27(47(41,42)35-28)21(16-46-29)13-33-48(43,44)36-31(40)45-15-18-4-2-1-3-5-18/h1-7,10-11,16,19-20,23,25,33,38H,8-9,12-15H2,(H,34,35)(H,36,40)/t19-,20+,23?,25?/m0/s1. The van der Waals surface area contributed by atoms with Crippen LogP contribution in [0.4, 0.5) is 14.2 Å². The number of anilines is 1. The largest absolute Gasteiger partial charge is 0.511 e. The lowest BCUT2D eigenvalue weighted by molar-refractivity contribution is -0.134. The Balaban J connectivity index is 1.10. The summed E-state index contributed by atoms with van der Waals surface area (Å²) in [6.45, 7) is -0.529. The first-order valence-electron chi connectivity index (χ1n) is 15.1. The zero-order valence-corrected chi connectivity index (χ0v) is 27.6. The topological polar surface area (TPSA) is 184 Å². The smallest absolute Gasteiger partial charge is 0.422 e. The Kier molecular flexibility index (Phi) is 8.25. The monoisotopic (exact) mass is 715 g/mol. The van der Waals surface area contributed by atoms with E-state index in [1.165, 1.54) is 17.5 Å². The zero-order valence-electron chi connectivity index (χ0n) is 25.1. The number of benzene rings is 2. The van der Waals surface area contributed by atoms with Gasteiger partial charge in [0.2, 0.25) is 0 Å². The Morgan fingerprint density at radius 2 is 1.83 bits per heavy atom. The highest BCUT2D eigenvalue weighted by molar-refractivity contribution is 7.91. The first-order valence-corrected chi connectivity index (χ1v) is 18.9. The van der Waals surface area contributed by atoms with Crippen molar-refractivity contribution in [2.24, 2.45) is 22.2 Å². The summed E-state index contributed by atoms with van der Waals surface area (Å²) in [6, 6.07) is 14.1. The van der Waals surface area contributed by atoms with E-state index in [1.54, 1.807) is 52.1 Å². The van der Waals surface area contributed by atoms with Gasteiger partial charge < -0.3 is 20.1 Å². The van der Waals surface area contributed by atoms with E-state index < -0.39 is 50.5 Å². The molecule has 1 aromatic heterocycles. The molecule has 2 aromatic carbocycles. The fraction of sp³-hybridized carbons (Fsp3) is 0.323. The van der Waals surface area contributed by atoms with Crippen LogP contribution in [0.5, 0.6) is 0 Å². The molecule has 2 aliphatic heterocycles. The number of nitrogens with zero attached hydrogens (tertiary/aromatic N) is 2. The van der Waals surface area contributed by atoms with Crippen LogP contribution in [0.3, 0.4) is 0 Å². The molecule has 2 fully saturated rings. The van der Waals surface area contributed by atoms with E-state index in [1.807, 2.05) is 0 Å². The number of thiophene rings is 1. The number of carbonyl (C=O) groups excluding carboxylic acids is 2. The highest BCUT2D eigenvalue weighted by Gasteiger charge is 2.57. The number of hydrogen-bond donors (Lipinski definition) is 4. The molecule has 2 aliphatic carbocycles. The molecule has 17 heteroatoms. The van der Waals surface area contributed by atoms with Crippen LogP contribution in [-0.4, -0.2) is 50.7 Å². The minimum absolute atomic E-state index is 0.0487. The minimum Gasteiger partial charge on any atom is -0.511 e. The predicted octanol–water partition coefficient (Wildman–Crippen LogP) is 3.93. The summed E-state index contributed by atoms with van der Waals surface area (Å²) in [5.41, 5.74) is 1.14. The van der Waals surface area contributed by atoms with Crippen molar-refractivity contribution in [3.63, 3.8) is 0 Å². The normalized spacial score (nSPS) is 24.1. The minimum atomic E-state index is -4.49. The van der Waals surface area contributed by atoms with Gasteiger partial charge in [-0.05, 0) is 59.7 Å². The van der Waals surface area contributed by atoms with Gasteiger partial charge >= 0.3 is 16.3 Å². The third kappa shape index (κ3) is 6.06. The first kappa shape index (κ1) is 32.2. The molecule has 2 amide bonds. The van der Waals surface area contributed by atoms with Gasteiger partial charge in [-0.3, -0.25) is 4.79 Å². The second kappa shape index (κ2) is 12.3. The second-order valence-corrected chi connectivity index (χ2v) is 16.0. The number of aliphatic hydroxyl groups excluding tert-OH is 1. The van der Waals surface area contributed by atoms with Crippen molar-refractivity contribution in [1.82, 2.24) is 14.3 Å². The van der Waals surface area contributed by atoms with E-state index >= 15 is 0 Å². The first-order chi connectivity index (χ1) is 22.9. The van der Waals surface area contributed by atoms with Gasteiger partial charge in [-0.1, -0.05) is 42.5 Å². The maximum atomic E-state index is 14.1. The Bertz CT molecular complexity index is 2070. The van der Waals surface area contributed by atoms with Crippen LogP contribution in [0.2, 0.25) is 0 Å². The molecule has 2 unspecified atom stereocenters. The van der Waals surface area contributed by atoms with Gasteiger partial charge in [-0.25, -0.2) is 13.9 Å². The van der Waals surface area contributed by atoms with Crippen LogP contribution < -0.4 is 14.8 Å². The maximum absolute atomic E-state index is 14.1. The van der Waals surface area contributed by atoms with Crippen LogP contribution in [-0.2, 0) is 49.5 Å². The summed E-state index contributed by atoms with van der Waals surface area (Å²) < 4.78 is 78.4. The molecule has 3 heterocycles. The van der Waals surface area contributed by atoms with Gasteiger partial charge in [0, 0.05) is 30.6 Å². The lowest BCUT2D eigenvalue weighted by atomic mass is 9.77. The van der Waals surface area contributed by atoms with E-state index in [4.69, 9.17) is 4.74 Å². The fourth-order valence-electron chi connectivity index (χ4n) is 7.19. The SMILES string of the molecule is O=C(NS(=O)(=O)NCc1csc2c1S(=O)(=O)N=C(C1=C(O)C3C([C@@H]4CC[C@H]3C4)N(Cc3ccc(F)cc3)C1=O)N2)OCc1ccccc1. The van der Waals surface area contributed by atoms with Gasteiger partial charge in [0.1, 0.15) is 33.7 Å². The van der Waals surface area contributed by atoms with Crippen molar-refractivity contribution >= 4 is 54.4 Å². The number of sulfonamides is 1. The summed E-state index contributed by atoms with van der Waals surface area (Å²) in [7, 11) is -8.93. The quantitative estimate of drug-likeness (QED) is 0.255. The third-order valence-corrected chi connectivity index (χ3v) is 12.6. The number of hydrogen-bond acceptors (Lipinski definition) is 10. The number of ether oxygens (including phenoxy) is 1. The average molecular weight is 716 g/mol. The van der Waals surface area contributed by atoms with E-state index in [0.717, 1.165) is 30.6 Å². The molecule has 0 spiro atoms. The molecule has 48 heavy (non-hydrogen) atoms. The number of amidine groups is 1. The van der Waals surface area contributed by atoms with Crippen LogP contribution in [0.25, 0.3) is 0 Å². The molecule has 2 bridgehead atoms. The highest BCUT2D eigenvalue weighted by atomic mass is 32.2. The molecule has 0 radical (unpaired) electrons. The Hall–Kier alpha value is -4.32. The number of carbonyl (C=O) groups is 2. The maximum Gasteiger partial charge on any atom is 0.422 e. The van der Waals surface area contributed by atoms with Gasteiger partial charge in [0.25, 0.3) is 15.9 Å². The van der Waals surface area contributed by atoms with E-state index in [9.17, 15) is 35.9 Å². The molecule has 13 nitrogen and oxygen atoms in total. The van der Waals surface area contributed by atoms with E-state index in [0.29, 0.717) is 11.1 Å². The third-order valence-electron chi connectivity index (χ3n) is 9.18. The number of halogens is 1. The van der Waals surface area contributed by atoms with Gasteiger partial charge in [-0.15, -0.1) is 15.7 Å². The number of nitrogens with one attached hydrogen (secondary N) is 3. The summed E-state index contributed by atoms with van der Waals surface area (Å²) in [6.07, 6.45) is 1.38. The molecule has 4 aliphatic rings. The Morgan fingerprint density at radius 3 is 2.58 bits per heavy atom. The van der Waals surface area contributed by atoms with Crippen LogP contribution >= 0.6 is 11.3 Å². The predicted molar refractivity (Wildman–Crippen MR) is 173 cm³/mol. The van der Waals surface area contributed by atoms with E-state index in [2.05, 4.69) is 14.4 Å². The Labute approximate surface area is 279 Å². The summed E-state index contributed by atoms with van der Waals surface area (Å²) >= 11 is 0.948. The van der Waals surface area contributed by atoms with Crippen LogP contribution in [0.1, 0.15) is 36.0 Å². The molecule has 3 aromatic rings. The fourth-order valence-corrected chi connectivity index (χ4v) is 10.5. The molecule has 2 saturated carbocycles. The van der Waals surface area contributed by atoms with E-state index in [-0.39, 0.29) is 63.7 Å². The number of fused-ring (bicyclic) bond motifs is 6. The average Bonchev–Trinajstić information content (AvgIpc) is 3.78. The molecule has 7 rings (SSSR count). The Morgan fingerprint density at radius 1 is 1.10 bits per heavy atom. The number of aliphatic hydroxyl groups is 1. The lowest BCUT2D eigenvalue weighted by Crippen LogP contribution is -2.53. The molecule has 0 saturated heterocycles. The zero-order chi connectivity index (χ0) is 33.8. The molecule has 252 valence electrons. The van der Waals surface area contributed by atoms with Crippen molar-refractivity contribution in [2.75, 3.05) is 5.32 Å². The number of rotatable bonds is 9. The number of amides is 2. The second-order valence-electron chi connectivity index (χ2n) is 12.1. The van der Waals surface area contributed by atoms with Crippen LogP contribution in [0, 0.1) is 23.6 Å². The van der Waals surface area contributed by atoms with Gasteiger partial charge in [0.15, 0.2) is 5.84 Å². The van der Waals surface area contributed by atoms with Crippen molar-refractivity contribution < 1.29 is 40.7 Å². The molecule has 4 N–H and O–H groups in total. The molecular formula is C31H30FN5O8S3. The van der Waals surface area contributed by atoms with Crippen molar-refractivity contribution in [3.8, 4) is 0 Å². The van der Waals surface area contributed by atoms with Crippen molar-refractivity contribution in [3.05, 3.63) is 93.8 Å². The lowest BCUT2D eigenvalue weighted by Gasteiger charge is -2.44. The summed E-state index contributed by atoms with van der Waals surface area (Å²) in [4.78, 5) is 27.5.